The molecule has 0 N–H and O–H groups in total. The van der Waals surface area contributed by atoms with Gasteiger partial charge in [0.1, 0.15) is 6.61 Å². The third-order valence-electron chi connectivity index (χ3n) is 3.52. The Kier molecular flexibility index (Phi) is 3.60. The fraction of sp³-hybridized carbons (Fsp3) is 0.400. The van der Waals surface area contributed by atoms with Crippen LogP contribution in [0.2, 0.25) is 0 Å². The fourth-order valence-electron chi connectivity index (χ4n) is 2.46. The smallest absolute Gasteiger partial charge is 0.248 e. The van der Waals surface area contributed by atoms with Crippen LogP contribution in [0, 0.1) is 0 Å². The second kappa shape index (κ2) is 5.54. The molecule has 1 aliphatic heterocycles. The highest BCUT2D eigenvalue weighted by molar-refractivity contribution is 5.79. The Bertz CT molecular complexity index is 642. The molecule has 3 rings (SSSR count). The first-order chi connectivity index (χ1) is 9.78. The largest absolute Gasteiger partial charge is 0.372 e. The van der Waals surface area contributed by atoms with Gasteiger partial charge in [-0.05, 0) is 30.7 Å². The van der Waals surface area contributed by atoms with Crippen LogP contribution in [-0.2, 0) is 22.5 Å². The number of pyridine rings is 2. The van der Waals surface area contributed by atoms with Gasteiger partial charge in [-0.15, -0.1) is 0 Å². The normalized spacial score (nSPS) is 14.3. The van der Waals surface area contributed by atoms with Crippen LogP contribution >= 0.6 is 0 Å². The van der Waals surface area contributed by atoms with Gasteiger partial charge in [0.05, 0.1) is 0 Å². The Balaban J connectivity index is 1.83. The zero-order chi connectivity index (χ0) is 13.9. The highest BCUT2D eigenvalue weighted by Crippen LogP contribution is 2.21. The average molecular weight is 271 g/mol. The molecule has 5 heteroatoms. The molecule has 1 aliphatic rings. The van der Waals surface area contributed by atoms with Gasteiger partial charge in [0.2, 0.25) is 5.91 Å². The Hall–Kier alpha value is -2.01. The third kappa shape index (κ3) is 2.49. The molecule has 0 saturated heterocycles. The van der Waals surface area contributed by atoms with E-state index in [9.17, 15) is 4.79 Å². The molecular weight excluding hydrogens is 254 g/mol. The van der Waals surface area contributed by atoms with Gasteiger partial charge in [-0.25, -0.2) is 9.97 Å². The summed E-state index contributed by atoms with van der Waals surface area (Å²) in [6, 6.07) is 5.98. The highest BCUT2D eigenvalue weighted by atomic mass is 16.5. The van der Waals surface area contributed by atoms with E-state index in [1.807, 2.05) is 24.0 Å². The maximum Gasteiger partial charge on any atom is 0.248 e. The topological polar surface area (TPSA) is 55.3 Å². The third-order valence-corrected chi connectivity index (χ3v) is 3.52. The second-order valence-electron chi connectivity index (χ2n) is 4.85. The molecule has 0 bridgehead atoms. The number of rotatable bonds is 3. The monoisotopic (exact) mass is 271 g/mol. The molecule has 0 unspecified atom stereocenters. The standard InChI is InChI=1S/C15H17N3O2/c1-2-20-10-14(19)18-7-5-13-12(9-18)8-11-4-3-6-16-15(11)17-13/h3-4,6,8H,2,5,7,9-10H2,1H3. The van der Waals surface area contributed by atoms with Gasteiger partial charge in [0.25, 0.3) is 0 Å². The first-order valence-electron chi connectivity index (χ1n) is 6.87. The van der Waals surface area contributed by atoms with E-state index >= 15 is 0 Å². The number of ether oxygens (including phenoxy) is 1. The van der Waals surface area contributed by atoms with Crippen molar-refractivity contribution in [3.05, 3.63) is 35.7 Å². The summed E-state index contributed by atoms with van der Waals surface area (Å²) >= 11 is 0. The van der Waals surface area contributed by atoms with Crippen molar-refractivity contribution in [1.82, 2.24) is 14.9 Å². The maximum absolute atomic E-state index is 12.0. The second-order valence-corrected chi connectivity index (χ2v) is 4.85. The Morgan fingerprint density at radius 2 is 2.40 bits per heavy atom. The van der Waals surface area contributed by atoms with Crippen molar-refractivity contribution in [2.45, 2.75) is 19.9 Å². The molecule has 104 valence electrons. The van der Waals surface area contributed by atoms with Gasteiger partial charge < -0.3 is 9.64 Å². The fourth-order valence-corrected chi connectivity index (χ4v) is 2.46. The zero-order valence-electron chi connectivity index (χ0n) is 11.5. The van der Waals surface area contributed by atoms with E-state index in [0.29, 0.717) is 19.7 Å². The van der Waals surface area contributed by atoms with Crippen LogP contribution in [0.15, 0.2) is 24.4 Å². The molecule has 0 spiro atoms. The maximum atomic E-state index is 12.0. The summed E-state index contributed by atoms with van der Waals surface area (Å²) in [5, 5.41) is 1.02. The average Bonchev–Trinajstić information content (AvgIpc) is 2.50. The van der Waals surface area contributed by atoms with Crippen LogP contribution in [-0.4, -0.2) is 40.5 Å². The Morgan fingerprint density at radius 1 is 1.50 bits per heavy atom. The lowest BCUT2D eigenvalue weighted by molar-refractivity contribution is -0.136. The van der Waals surface area contributed by atoms with Crippen LogP contribution in [0.5, 0.6) is 0 Å². The lowest BCUT2D eigenvalue weighted by Crippen LogP contribution is -2.38. The molecule has 20 heavy (non-hydrogen) atoms. The molecule has 3 heterocycles. The number of hydrogen-bond donors (Lipinski definition) is 0. The van der Waals surface area contributed by atoms with Crippen molar-refractivity contribution in [3.8, 4) is 0 Å². The predicted octanol–water partition coefficient (Wildman–Crippen LogP) is 1.55. The lowest BCUT2D eigenvalue weighted by atomic mass is 10.0. The number of carbonyl (C=O) groups excluding carboxylic acids is 1. The molecule has 0 aromatic carbocycles. The number of fused-ring (bicyclic) bond motifs is 2. The zero-order valence-corrected chi connectivity index (χ0v) is 11.5. The van der Waals surface area contributed by atoms with E-state index in [2.05, 4.69) is 16.0 Å². The molecule has 0 radical (unpaired) electrons. The number of carbonyl (C=O) groups is 1. The molecule has 0 fully saturated rings. The van der Waals surface area contributed by atoms with E-state index in [-0.39, 0.29) is 12.5 Å². The number of aromatic nitrogens is 2. The Labute approximate surface area is 117 Å². The summed E-state index contributed by atoms with van der Waals surface area (Å²) in [6.07, 6.45) is 2.53. The van der Waals surface area contributed by atoms with E-state index in [0.717, 1.165) is 28.7 Å². The van der Waals surface area contributed by atoms with E-state index in [1.165, 1.54) is 0 Å². The summed E-state index contributed by atoms with van der Waals surface area (Å²) < 4.78 is 5.19. The quantitative estimate of drug-likeness (QED) is 0.850. The Morgan fingerprint density at radius 3 is 3.25 bits per heavy atom. The summed E-state index contributed by atoms with van der Waals surface area (Å²) in [4.78, 5) is 22.7. The predicted molar refractivity (Wildman–Crippen MR) is 75.2 cm³/mol. The van der Waals surface area contributed by atoms with Crippen molar-refractivity contribution in [3.63, 3.8) is 0 Å². The minimum atomic E-state index is 0.0452. The van der Waals surface area contributed by atoms with Gasteiger partial charge in [-0.2, -0.15) is 0 Å². The van der Waals surface area contributed by atoms with Crippen LogP contribution in [0.3, 0.4) is 0 Å². The van der Waals surface area contributed by atoms with Crippen molar-refractivity contribution in [2.75, 3.05) is 19.8 Å². The molecule has 0 aliphatic carbocycles. The van der Waals surface area contributed by atoms with Crippen molar-refractivity contribution >= 4 is 16.9 Å². The summed E-state index contributed by atoms with van der Waals surface area (Å²) in [5.74, 6) is 0.0452. The summed E-state index contributed by atoms with van der Waals surface area (Å²) in [5.41, 5.74) is 2.94. The molecular formula is C15H17N3O2. The van der Waals surface area contributed by atoms with E-state index < -0.39 is 0 Å². The van der Waals surface area contributed by atoms with Crippen LogP contribution in [0.25, 0.3) is 11.0 Å². The molecule has 1 amide bonds. The first kappa shape index (κ1) is 13.0. The lowest BCUT2D eigenvalue weighted by Gasteiger charge is -2.28. The molecule has 2 aromatic heterocycles. The summed E-state index contributed by atoms with van der Waals surface area (Å²) in [6.45, 7) is 3.92. The van der Waals surface area contributed by atoms with E-state index in [4.69, 9.17) is 4.74 Å². The van der Waals surface area contributed by atoms with Gasteiger partial charge in [0, 0.05) is 43.4 Å². The van der Waals surface area contributed by atoms with Gasteiger partial charge in [-0.1, -0.05) is 0 Å². The minimum absolute atomic E-state index is 0.0452. The molecule has 2 aromatic rings. The van der Waals surface area contributed by atoms with Crippen LogP contribution in [0.4, 0.5) is 0 Å². The number of hydrogen-bond acceptors (Lipinski definition) is 4. The minimum Gasteiger partial charge on any atom is -0.372 e. The van der Waals surface area contributed by atoms with Gasteiger partial charge in [-0.3, -0.25) is 4.79 Å². The highest BCUT2D eigenvalue weighted by Gasteiger charge is 2.22. The summed E-state index contributed by atoms with van der Waals surface area (Å²) in [7, 11) is 0. The SMILES string of the molecule is CCOCC(=O)N1CCc2nc3ncccc3cc2C1. The number of amides is 1. The van der Waals surface area contributed by atoms with Crippen LogP contribution < -0.4 is 0 Å². The molecule has 5 nitrogen and oxygen atoms in total. The van der Waals surface area contributed by atoms with Gasteiger partial charge in [0.15, 0.2) is 5.65 Å². The number of nitrogens with zero attached hydrogens (tertiary/aromatic N) is 3. The van der Waals surface area contributed by atoms with Crippen molar-refractivity contribution in [1.29, 1.82) is 0 Å². The molecule has 0 atom stereocenters. The van der Waals surface area contributed by atoms with Crippen molar-refractivity contribution in [2.24, 2.45) is 0 Å². The van der Waals surface area contributed by atoms with Gasteiger partial charge >= 0.3 is 0 Å². The van der Waals surface area contributed by atoms with E-state index in [1.54, 1.807) is 6.20 Å². The van der Waals surface area contributed by atoms with Crippen molar-refractivity contribution < 1.29 is 9.53 Å². The molecule has 0 saturated carbocycles. The first-order valence-corrected chi connectivity index (χ1v) is 6.87. The van der Waals surface area contributed by atoms with Crippen LogP contribution in [0.1, 0.15) is 18.2 Å².